The molecule has 0 spiro atoms. The molecule has 0 heterocycles. The van der Waals surface area contributed by atoms with E-state index in [1.165, 1.54) is 37.7 Å². The van der Waals surface area contributed by atoms with Crippen molar-refractivity contribution in [1.82, 2.24) is 0 Å². The largest absolute Gasteiger partial charge is 0.378 e. The first-order valence-electron chi connectivity index (χ1n) is 8.55. The second-order valence-electron chi connectivity index (χ2n) is 5.93. The van der Waals surface area contributed by atoms with Crippen LogP contribution >= 0.6 is 0 Å². The summed E-state index contributed by atoms with van der Waals surface area (Å²) in [6, 6.07) is 8.28. The summed E-state index contributed by atoms with van der Waals surface area (Å²) >= 11 is 0. The molecule has 0 unspecified atom stereocenters. The van der Waals surface area contributed by atoms with Crippen LogP contribution in [0.4, 0.5) is 5.69 Å². The van der Waals surface area contributed by atoms with E-state index in [9.17, 15) is 0 Å². The highest BCUT2D eigenvalue weighted by atomic mass is 16.5. The molecule has 1 aromatic carbocycles. The number of hydrogen-bond donors (Lipinski definition) is 2. The van der Waals surface area contributed by atoms with Crippen molar-refractivity contribution in [2.75, 3.05) is 18.5 Å². The van der Waals surface area contributed by atoms with Crippen molar-refractivity contribution < 1.29 is 4.74 Å². The van der Waals surface area contributed by atoms with Gasteiger partial charge in [-0.15, -0.1) is 0 Å². The average Bonchev–Trinajstić information content (AvgIpc) is 2.56. The minimum Gasteiger partial charge on any atom is -0.378 e. The normalized spacial score (nSPS) is 16.7. The Labute approximate surface area is 134 Å². The van der Waals surface area contributed by atoms with Crippen molar-refractivity contribution in [3.63, 3.8) is 0 Å². The summed E-state index contributed by atoms with van der Waals surface area (Å²) in [7, 11) is 0. The predicted octanol–water partition coefficient (Wildman–Crippen LogP) is 3.72. The third-order valence-corrected chi connectivity index (χ3v) is 4.12. The zero-order chi connectivity index (χ0) is 15.6. The molecule has 4 heteroatoms. The highest BCUT2D eigenvalue weighted by Gasteiger charge is 2.12. The molecular weight excluding hydrogens is 274 g/mol. The van der Waals surface area contributed by atoms with Gasteiger partial charge in [-0.2, -0.15) is 0 Å². The first-order valence-corrected chi connectivity index (χ1v) is 8.55. The molecule has 1 saturated carbocycles. The standard InChI is InChI=1S/C18H29N3O/c1-2-15-9-11-16(12-10-15)21-18(19)20-13-6-14-22-17-7-4-3-5-8-17/h9-12,17H,2-8,13-14H2,1H3,(H3,19,20,21). The summed E-state index contributed by atoms with van der Waals surface area (Å²) in [6.45, 7) is 3.64. The van der Waals surface area contributed by atoms with Crippen LogP contribution < -0.4 is 11.1 Å². The molecule has 2 rings (SSSR count). The number of guanidine groups is 1. The minimum atomic E-state index is 0.474. The van der Waals surface area contributed by atoms with E-state index < -0.39 is 0 Å². The van der Waals surface area contributed by atoms with Crippen LogP contribution in [-0.4, -0.2) is 25.2 Å². The average molecular weight is 303 g/mol. The Kier molecular flexibility index (Phi) is 7.23. The monoisotopic (exact) mass is 303 g/mol. The topological polar surface area (TPSA) is 59.6 Å². The number of hydrogen-bond acceptors (Lipinski definition) is 2. The lowest BCUT2D eigenvalue weighted by molar-refractivity contribution is 0.0281. The Morgan fingerprint density at radius 1 is 1.23 bits per heavy atom. The second-order valence-corrected chi connectivity index (χ2v) is 5.93. The van der Waals surface area contributed by atoms with Gasteiger partial charge >= 0.3 is 0 Å². The van der Waals surface area contributed by atoms with Gasteiger partial charge in [-0.05, 0) is 43.4 Å². The van der Waals surface area contributed by atoms with Crippen molar-refractivity contribution in [3.05, 3.63) is 29.8 Å². The number of nitrogens with zero attached hydrogens (tertiary/aromatic N) is 1. The summed E-state index contributed by atoms with van der Waals surface area (Å²) in [4.78, 5) is 4.35. The molecule has 0 radical (unpaired) electrons. The van der Waals surface area contributed by atoms with E-state index in [1.54, 1.807) is 0 Å². The fourth-order valence-electron chi connectivity index (χ4n) is 2.76. The first kappa shape index (κ1) is 16.8. The van der Waals surface area contributed by atoms with Crippen LogP contribution in [0, 0.1) is 0 Å². The van der Waals surface area contributed by atoms with Crippen molar-refractivity contribution in [2.24, 2.45) is 10.7 Å². The van der Waals surface area contributed by atoms with E-state index >= 15 is 0 Å². The Morgan fingerprint density at radius 3 is 2.64 bits per heavy atom. The molecule has 0 saturated heterocycles. The lowest BCUT2D eigenvalue weighted by Crippen LogP contribution is -2.23. The molecule has 1 aliphatic carbocycles. The minimum absolute atomic E-state index is 0.474. The van der Waals surface area contributed by atoms with Gasteiger partial charge in [0, 0.05) is 18.8 Å². The van der Waals surface area contributed by atoms with Crippen LogP contribution in [0.15, 0.2) is 29.3 Å². The fraction of sp³-hybridized carbons (Fsp3) is 0.611. The maximum Gasteiger partial charge on any atom is 0.193 e. The van der Waals surface area contributed by atoms with Gasteiger partial charge in [0.2, 0.25) is 0 Å². The lowest BCUT2D eigenvalue weighted by Gasteiger charge is -2.21. The third kappa shape index (κ3) is 6.06. The summed E-state index contributed by atoms with van der Waals surface area (Å²) in [5, 5.41) is 3.12. The highest BCUT2D eigenvalue weighted by Crippen LogP contribution is 2.20. The number of benzene rings is 1. The van der Waals surface area contributed by atoms with Gasteiger partial charge in [0.05, 0.1) is 6.10 Å². The molecule has 1 aromatic rings. The van der Waals surface area contributed by atoms with Crippen molar-refractivity contribution >= 4 is 11.6 Å². The van der Waals surface area contributed by atoms with E-state index in [2.05, 4.69) is 29.4 Å². The smallest absolute Gasteiger partial charge is 0.193 e. The van der Waals surface area contributed by atoms with Gasteiger partial charge in [0.15, 0.2) is 5.96 Å². The molecule has 22 heavy (non-hydrogen) atoms. The van der Waals surface area contributed by atoms with E-state index in [0.29, 0.717) is 18.6 Å². The number of rotatable bonds is 7. The van der Waals surface area contributed by atoms with Gasteiger partial charge in [-0.1, -0.05) is 38.3 Å². The van der Waals surface area contributed by atoms with Crippen LogP contribution in [0.2, 0.25) is 0 Å². The summed E-state index contributed by atoms with van der Waals surface area (Å²) in [5.74, 6) is 0.474. The van der Waals surface area contributed by atoms with Crippen LogP contribution in [0.3, 0.4) is 0 Å². The Bertz CT molecular complexity index is 450. The maximum atomic E-state index is 5.90. The summed E-state index contributed by atoms with van der Waals surface area (Å²) in [6.07, 6.45) is 8.89. The van der Waals surface area contributed by atoms with Crippen molar-refractivity contribution in [1.29, 1.82) is 0 Å². The predicted molar refractivity (Wildman–Crippen MR) is 93.4 cm³/mol. The molecule has 1 fully saturated rings. The zero-order valence-electron chi connectivity index (χ0n) is 13.7. The Morgan fingerprint density at radius 2 is 1.95 bits per heavy atom. The van der Waals surface area contributed by atoms with Crippen LogP contribution in [0.5, 0.6) is 0 Å². The van der Waals surface area contributed by atoms with Crippen molar-refractivity contribution in [3.8, 4) is 0 Å². The number of nitrogens with two attached hydrogens (primary N) is 1. The van der Waals surface area contributed by atoms with Crippen LogP contribution in [-0.2, 0) is 11.2 Å². The number of aryl methyl sites for hydroxylation is 1. The lowest BCUT2D eigenvalue weighted by atomic mass is 9.98. The highest BCUT2D eigenvalue weighted by molar-refractivity contribution is 5.92. The van der Waals surface area contributed by atoms with E-state index in [-0.39, 0.29) is 0 Å². The Balaban J connectivity index is 1.62. The molecule has 0 atom stereocenters. The van der Waals surface area contributed by atoms with Crippen LogP contribution in [0.25, 0.3) is 0 Å². The molecule has 3 N–H and O–H groups in total. The number of aliphatic imine (C=N–C) groups is 1. The van der Waals surface area contributed by atoms with Gasteiger partial charge < -0.3 is 15.8 Å². The molecule has 0 amide bonds. The zero-order valence-corrected chi connectivity index (χ0v) is 13.7. The van der Waals surface area contributed by atoms with E-state index in [1.807, 2.05) is 12.1 Å². The number of anilines is 1. The molecule has 0 aliphatic heterocycles. The summed E-state index contributed by atoms with van der Waals surface area (Å²) < 4.78 is 5.88. The molecule has 0 aromatic heterocycles. The van der Waals surface area contributed by atoms with E-state index in [0.717, 1.165) is 25.1 Å². The third-order valence-electron chi connectivity index (χ3n) is 4.12. The van der Waals surface area contributed by atoms with Gasteiger partial charge in [-0.3, -0.25) is 4.99 Å². The molecule has 122 valence electrons. The van der Waals surface area contributed by atoms with Gasteiger partial charge in [-0.25, -0.2) is 0 Å². The second kappa shape index (κ2) is 9.46. The molecule has 0 bridgehead atoms. The van der Waals surface area contributed by atoms with Gasteiger partial charge in [0.25, 0.3) is 0 Å². The molecule has 4 nitrogen and oxygen atoms in total. The maximum absolute atomic E-state index is 5.90. The fourth-order valence-corrected chi connectivity index (χ4v) is 2.76. The van der Waals surface area contributed by atoms with Crippen LogP contribution in [0.1, 0.15) is 51.0 Å². The number of ether oxygens (including phenoxy) is 1. The molecular formula is C18H29N3O. The first-order chi connectivity index (χ1) is 10.8. The number of nitrogens with one attached hydrogen (secondary N) is 1. The molecule has 1 aliphatic rings. The van der Waals surface area contributed by atoms with Crippen molar-refractivity contribution in [2.45, 2.75) is 58.0 Å². The Hall–Kier alpha value is -1.55. The summed E-state index contributed by atoms with van der Waals surface area (Å²) in [5.41, 5.74) is 8.20. The quantitative estimate of drug-likeness (QED) is 0.458. The van der Waals surface area contributed by atoms with E-state index in [4.69, 9.17) is 10.5 Å². The SMILES string of the molecule is CCc1ccc(NC(N)=NCCCOC2CCCCC2)cc1. The van der Waals surface area contributed by atoms with Gasteiger partial charge in [0.1, 0.15) is 0 Å².